The lowest BCUT2D eigenvalue weighted by Gasteiger charge is -2.06. The molecule has 0 atom stereocenters. The van der Waals surface area contributed by atoms with E-state index >= 15 is 0 Å². The van der Waals surface area contributed by atoms with Gasteiger partial charge in [0.15, 0.2) is 5.78 Å². The largest absolute Gasteiger partial charge is 0.294 e. The molecule has 0 amide bonds. The predicted octanol–water partition coefficient (Wildman–Crippen LogP) is 4.40. The summed E-state index contributed by atoms with van der Waals surface area (Å²) in [7, 11) is 0. The van der Waals surface area contributed by atoms with Crippen LogP contribution in [0.5, 0.6) is 0 Å². The number of hydrogen-bond donors (Lipinski definition) is 0. The quantitative estimate of drug-likeness (QED) is 0.489. The smallest absolute Gasteiger partial charge is 0.163 e. The third-order valence-corrected chi connectivity index (χ3v) is 2.96. The molecule has 0 aliphatic heterocycles. The van der Waals surface area contributed by atoms with Crippen molar-refractivity contribution in [2.75, 3.05) is 0 Å². The van der Waals surface area contributed by atoms with Gasteiger partial charge in [0, 0.05) is 12.0 Å². The van der Waals surface area contributed by atoms with Gasteiger partial charge in [-0.15, -0.1) is 0 Å². The molecule has 0 radical (unpaired) electrons. The van der Waals surface area contributed by atoms with Crippen molar-refractivity contribution in [2.45, 2.75) is 52.4 Å². The molecule has 0 aliphatic rings. The molecule has 0 bridgehead atoms. The number of ketones is 1. The van der Waals surface area contributed by atoms with Crippen molar-refractivity contribution in [2.24, 2.45) is 0 Å². The molecule has 0 aromatic heterocycles. The molecule has 1 aromatic carbocycles. The first-order chi connectivity index (χ1) is 7.79. The molecule has 1 nitrogen and oxygen atoms in total. The number of aryl methyl sites for hydroxylation is 1. The van der Waals surface area contributed by atoms with E-state index in [-0.39, 0.29) is 0 Å². The van der Waals surface area contributed by atoms with Crippen LogP contribution in [0.3, 0.4) is 0 Å². The van der Waals surface area contributed by atoms with E-state index in [1.54, 1.807) is 0 Å². The topological polar surface area (TPSA) is 17.1 Å². The van der Waals surface area contributed by atoms with Gasteiger partial charge in [-0.2, -0.15) is 0 Å². The summed E-state index contributed by atoms with van der Waals surface area (Å²) in [5.41, 5.74) is 2.12. The number of benzene rings is 1. The Kier molecular flexibility index (Phi) is 5.84. The number of hydrogen-bond acceptors (Lipinski definition) is 1. The summed E-state index contributed by atoms with van der Waals surface area (Å²) in [5, 5.41) is 0. The van der Waals surface area contributed by atoms with E-state index in [0.717, 1.165) is 18.4 Å². The van der Waals surface area contributed by atoms with Gasteiger partial charge < -0.3 is 0 Å². The molecule has 1 aromatic rings. The molecule has 0 saturated heterocycles. The molecular weight excluding hydrogens is 196 g/mol. The summed E-state index contributed by atoms with van der Waals surface area (Å²) in [6.45, 7) is 4.29. The number of rotatable bonds is 7. The molecular formula is C15H22O. The number of carbonyl (C=O) groups is 1. The first-order valence-corrected chi connectivity index (χ1v) is 6.40. The Morgan fingerprint density at radius 2 is 1.81 bits per heavy atom. The van der Waals surface area contributed by atoms with Gasteiger partial charge >= 0.3 is 0 Å². The summed E-state index contributed by atoms with van der Waals surface area (Å²) < 4.78 is 0. The second-order valence-corrected chi connectivity index (χ2v) is 4.24. The molecule has 1 heteroatoms. The van der Waals surface area contributed by atoms with Gasteiger partial charge in [0.1, 0.15) is 0 Å². The highest BCUT2D eigenvalue weighted by Crippen LogP contribution is 2.14. The Morgan fingerprint density at radius 1 is 1.06 bits per heavy atom. The van der Waals surface area contributed by atoms with E-state index in [1.807, 2.05) is 18.2 Å². The van der Waals surface area contributed by atoms with E-state index in [4.69, 9.17) is 0 Å². The van der Waals surface area contributed by atoms with Crippen molar-refractivity contribution in [1.29, 1.82) is 0 Å². The average molecular weight is 218 g/mol. The van der Waals surface area contributed by atoms with Crippen LogP contribution < -0.4 is 0 Å². The van der Waals surface area contributed by atoms with Gasteiger partial charge in [0.05, 0.1) is 0 Å². The summed E-state index contributed by atoms with van der Waals surface area (Å²) in [6, 6.07) is 7.98. The summed E-state index contributed by atoms with van der Waals surface area (Å²) in [6.07, 6.45) is 6.32. The van der Waals surface area contributed by atoms with Crippen molar-refractivity contribution in [3.8, 4) is 0 Å². The lowest BCUT2D eigenvalue weighted by molar-refractivity contribution is 0.0978. The fourth-order valence-electron chi connectivity index (χ4n) is 1.95. The molecule has 1 rings (SSSR count). The van der Waals surface area contributed by atoms with Crippen LogP contribution in [-0.2, 0) is 6.42 Å². The van der Waals surface area contributed by atoms with Crippen molar-refractivity contribution in [3.63, 3.8) is 0 Å². The van der Waals surface area contributed by atoms with E-state index in [9.17, 15) is 4.79 Å². The van der Waals surface area contributed by atoms with Crippen molar-refractivity contribution in [3.05, 3.63) is 35.4 Å². The third-order valence-electron chi connectivity index (χ3n) is 2.96. The van der Waals surface area contributed by atoms with Crippen molar-refractivity contribution in [1.82, 2.24) is 0 Å². The standard InChI is InChI=1S/C15H22O/c1-3-5-6-7-12-15(16)14-11-9-8-10-13(14)4-2/h8-11H,3-7,12H2,1-2H3. The van der Waals surface area contributed by atoms with Crippen LogP contribution in [0.1, 0.15) is 61.9 Å². The average Bonchev–Trinajstić information content (AvgIpc) is 2.34. The second kappa shape index (κ2) is 7.21. The first-order valence-electron chi connectivity index (χ1n) is 6.40. The first kappa shape index (κ1) is 13.0. The lowest BCUT2D eigenvalue weighted by atomic mass is 9.98. The van der Waals surface area contributed by atoms with Crippen LogP contribution >= 0.6 is 0 Å². The Hall–Kier alpha value is -1.11. The molecule has 0 saturated carbocycles. The zero-order valence-electron chi connectivity index (χ0n) is 10.5. The van der Waals surface area contributed by atoms with Crippen molar-refractivity contribution >= 4 is 5.78 Å². The van der Waals surface area contributed by atoms with Gasteiger partial charge in [-0.05, 0) is 18.4 Å². The fourth-order valence-corrected chi connectivity index (χ4v) is 1.95. The normalized spacial score (nSPS) is 10.4. The van der Waals surface area contributed by atoms with E-state index in [0.29, 0.717) is 12.2 Å². The van der Waals surface area contributed by atoms with E-state index in [2.05, 4.69) is 19.9 Å². The maximum absolute atomic E-state index is 12.0. The molecule has 88 valence electrons. The monoisotopic (exact) mass is 218 g/mol. The lowest BCUT2D eigenvalue weighted by Crippen LogP contribution is -2.03. The maximum atomic E-state index is 12.0. The molecule has 16 heavy (non-hydrogen) atoms. The molecule has 0 N–H and O–H groups in total. The van der Waals surface area contributed by atoms with Crippen LogP contribution in [0.25, 0.3) is 0 Å². The van der Waals surface area contributed by atoms with Crippen LogP contribution in [0.2, 0.25) is 0 Å². The van der Waals surface area contributed by atoms with Gasteiger partial charge in [0.2, 0.25) is 0 Å². The van der Waals surface area contributed by atoms with Crippen LogP contribution in [0.15, 0.2) is 24.3 Å². The zero-order chi connectivity index (χ0) is 11.8. The van der Waals surface area contributed by atoms with Crippen molar-refractivity contribution < 1.29 is 4.79 Å². The number of unbranched alkanes of at least 4 members (excludes halogenated alkanes) is 3. The number of carbonyl (C=O) groups excluding carboxylic acids is 1. The molecule has 0 fully saturated rings. The summed E-state index contributed by atoms with van der Waals surface area (Å²) in [4.78, 5) is 12.0. The minimum absolute atomic E-state index is 0.313. The SMILES string of the molecule is CCCCCCC(=O)c1ccccc1CC. The fraction of sp³-hybridized carbons (Fsp3) is 0.533. The molecule has 0 spiro atoms. The summed E-state index contributed by atoms with van der Waals surface area (Å²) in [5.74, 6) is 0.313. The minimum atomic E-state index is 0.313. The van der Waals surface area contributed by atoms with Gasteiger partial charge in [0.25, 0.3) is 0 Å². The van der Waals surface area contributed by atoms with Crippen LogP contribution in [0, 0.1) is 0 Å². The van der Waals surface area contributed by atoms with Gasteiger partial charge in [-0.1, -0.05) is 57.4 Å². The predicted molar refractivity (Wildman–Crippen MR) is 68.9 cm³/mol. The third kappa shape index (κ3) is 3.80. The van der Waals surface area contributed by atoms with E-state index in [1.165, 1.54) is 24.8 Å². The molecule has 0 aliphatic carbocycles. The second-order valence-electron chi connectivity index (χ2n) is 4.24. The highest BCUT2D eigenvalue weighted by molar-refractivity contribution is 5.97. The Bertz CT molecular complexity index is 328. The molecule has 0 heterocycles. The Morgan fingerprint density at radius 3 is 2.50 bits per heavy atom. The number of Topliss-reactive ketones (excluding diaryl/α,β-unsaturated/α-hetero) is 1. The zero-order valence-corrected chi connectivity index (χ0v) is 10.5. The van der Waals surface area contributed by atoms with Gasteiger partial charge in [-0.25, -0.2) is 0 Å². The van der Waals surface area contributed by atoms with Crippen LogP contribution in [0.4, 0.5) is 0 Å². The Labute approximate surface area is 98.9 Å². The van der Waals surface area contributed by atoms with Gasteiger partial charge in [-0.3, -0.25) is 4.79 Å². The van der Waals surface area contributed by atoms with E-state index < -0.39 is 0 Å². The van der Waals surface area contributed by atoms with Crippen LogP contribution in [-0.4, -0.2) is 5.78 Å². The summed E-state index contributed by atoms with van der Waals surface area (Å²) >= 11 is 0. The highest BCUT2D eigenvalue weighted by atomic mass is 16.1. The highest BCUT2D eigenvalue weighted by Gasteiger charge is 2.08. The molecule has 0 unspecified atom stereocenters. The minimum Gasteiger partial charge on any atom is -0.294 e. The maximum Gasteiger partial charge on any atom is 0.163 e. The Balaban J connectivity index is 2.52.